The van der Waals surface area contributed by atoms with Gasteiger partial charge in [-0.3, -0.25) is 19.5 Å². The van der Waals surface area contributed by atoms with E-state index in [4.69, 9.17) is 0 Å². The third-order valence-corrected chi connectivity index (χ3v) is 9.09. The van der Waals surface area contributed by atoms with Gasteiger partial charge in [0.2, 0.25) is 5.91 Å². The van der Waals surface area contributed by atoms with Gasteiger partial charge in [0, 0.05) is 62.3 Å². The molecule has 1 saturated carbocycles. The Morgan fingerprint density at radius 1 is 1.08 bits per heavy atom. The number of hydrogen-bond donors (Lipinski definition) is 0. The molecule has 1 unspecified atom stereocenters. The molecular formula is C31H41FN4O2. The van der Waals surface area contributed by atoms with E-state index >= 15 is 0 Å². The maximum Gasteiger partial charge on any atom is 0.255 e. The van der Waals surface area contributed by atoms with Crippen LogP contribution in [0.4, 0.5) is 4.39 Å². The second-order valence-corrected chi connectivity index (χ2v) is 11.8. The van der Waals surface area contributed by atoms with Crippen molar-refractivity contribution in [1.82, 2.24) is 19.7 Å². The fraction of sp³-hybridized carbons (Fsp3) is 0.581. The third kappa shape index (κ3) is 5.78. The van der Waals surface area contributed by atoms with Gasteiger partial charge in [0.1, 0.15) is 5.83 Å². The molecule has 2 saturated heterocycles. The standard InChI is InChI=1S/C31H41FN4O2/c1-22-11-16-33-23(2)28(22)30(38)34-19-14-31(3,15-20-34)35-17-12-27(13-18-35)36(29(37)25-8-9-25)21-24-5-4-6-26(32)10-7-24/h4-7,10-11,16,24-25,27H,8-9,12-15,17-21H2,1-3H3. The number of carbonyl (C=O) groups is 2. The average molecular weight is 521 g/mol. The van der Waals surface area contributed by atoms with Crippen molar-refractivity contribution in [3.8, 4) is 0 Å². The van der Waals surface area contributed by atoms with Crippen LogP contribution in [-0.2, 0) is 4.79 Å². The molecule has 1 aromatic heterocycles. The lowest BCUT2D eigenvalue weighted by Gasteiger charge is -2.50. The Kier molecular flexibility index (Phi) is 7.85. The lowest BCUT2D eigenvalue weighted by molar-refractivity contribution is -0.136. The molecule has 0 bridgehead atoms. The van der Waals surface area contributed by atoms with Crippen LogP contribution in [0.5, 0.6) is 0 Å². The maximum absolute atomic E-state index is 13.7. The first-order valence-corrected chi connectivity index (χ1v) is 14.2. The highest BCUT2D eigenvalue weighted by Gasteiger charge is 2.42. The molecule has 2 aliphatic carbocycles. The first-order valence-electron chi connectivity index (χ1n) is 14.2. The molecule has 2 amide bonds. The number of aryl methyl sites for hydroxylation is 2. The Labute approximate surface area is 226 Å². The first-order chi connectivity index (χ1) is 18.2. The summed E-state index contributed by atoms with van der Waals surface area (Å²) in [4.78, 5) is 37.6. The van der Waals surface area contributed by atoms with E-state index in [9.17, 15) is 14.0 Å². The molecule has 5 rings (SSSR count). The lowest BCUT2D eigenvalue weighted by Crippen LogP contribution is -2.58. The largest absolute Gasteiger partial charge is 0.338 e. The minimum Gasteiger partial charge on any atom is -0.338 e. The van der Waals surface area contributed by atoms with Crippen molar-refractivity contribution in [1.29, 1.82) is 0 Å². The highest BCUT2D eigenvalue weighted by molar-refractivity contribution is 5.96. The highest BCUT2D eigenvalue weighted by atomic mass is 19.1. The zero-order valence-electron chi connectivity index (χ0n) is 23.0. The number of halogens is 1. The van der Waals surface area contributed by atoms with Crippen LogP contribution in [0.2, 0.25) is 0 Å². The number of amides is 2. The topological polar surface area (TPSA) is 56.8 Å². The molecule has 3 fully saturated rings. The van der Waals surface area contributed by atoms with Gasteiger partial charge >= 0.3 is 0 Å². The zero-order valence-corrected chi connectivity index (χ0v) is 23.0. The fourth-order valence-electron chi connectivity index (χ4n) is 6.36. The van der Waals surface area contributed by atoms with E-state index in [-0.39, 0.29) is 41.1 Å². The van der Waals surface area contributed by atoms with Crippen molar-refractivity contribution in [3.05, 3.63) is 65.3 Å². The average Bonchev–Trinajstić information content (AvgIpc) is 3.77. The van der Waals surface area contributed by atoms with E-state index in [0.29, 0.717) is 6.54 Å². The van der Waals surface area contributed by atoms with Crippen LogP contribution in [0.15, 0.2) is 48.5 Å². The van der Waals surface area contributed by atoms with Crippen LogP contribution in [0.1, 0.15) is 67.1 Å². The highest BCUT2D eigenvalue weighted by Crippen LogP contribution is 2.36. The predicted molar refractivity (Wildman–Crippen MR) is 147 cm³/mol. The summed E-state index contributed by atoms with van der Waals surface area (Å²) in [6.07, 6.45) is 16.2. The molecule has 0 N–H and O–H groups in total. The summed E-state index contributed by atoms with van der Waals surface area (Å²) in [5.74, 6) is 0.338. The Morgan fingerprint density at radius 2 is 1.79 bits per heavy atom. The molecule has 0 radical (unpaired) electrons. The van der Waals surface area contributed by atoms with Crippen LogP contribution < -0.4 is 0 Å². The SMILES string of the molecule is Cc1ccnc(C)c1C(=O)N1CCC(C)(N2CCC(N(CC3C=CC=C(F)C=C3)C(=O)C3CC3)CC2)CC1. The number of rotatable bonds is 6. The van der Waals surface area contributed by atoms with Crippen LogP contribution in [0, 0.1) is 25.7 Å². The van der Waals surface area contributed by atoms with Crippen molar-refractivity contribution in [3.63, 3.8) is 0 Å². The van der Waals surface area contributed by atoms with Crippen molar-refractivity contribution in [2.24, 2.45) is 11.8 Å². The quantitative estimate of drug-likeness (QED) is 0.530. The van der Waals surface area contributed by atoms with Crippen molar-refractivity contribution in [2.45, 2.75) is 70.9 Å². The number of allylic oxidation sites excluding steroid dienone is 4. The molecule has 7 heteroatoms. The van der Waals surface area contributed by atoms with Crippen molar-refractivity contribution in [2.75, 3.05) is 32.7 Å². The van der Waals surface area contributed by atoms with Crippen molar-refractivity contribution < 1.29 is 14.0 Å². The zero-order chi connectivity index (χ0) is 26.9. The summed E-state index contributed by atoms with van der Waals surface area (Å²) in [7, 11) is 0. The van der Waals surface area contributed by atoms with E-state index in [1.807, 2.05) is 37.0 Å². The monoisotopic (exact) mass is 520 g/mol. The summed E-state index contributed by atoms with van der Waals surface area (Å²) in [5.41, 5.74) is 2.59. The molecular weight excluding hydrogens is 479 g/mol. The molecule has 2 aliphatic heterocycles. The summed E-state index contributed by atoms with van der Waals surface area (Å²) in [6.45, 7) is 10.3. The normalized spacial score (nSPS) is 24.2. The van der Waals surface area contributed by atoms with Gasteiger partial charge in [-0.1, -0.05) is 18.2 Å². The number of hydrogen-bond acceptors (Lipinski definition) is 4. The van der Waals surface area contributed by atoms with Gasteiger partial charge in [0.25, 0.3) is 5.91 Å². The predicted octanol–water partition coefficient (Wildman–Crippen LogP) is 4.99. The number of aromatic nitrogens is 1. The van der Waals surface area contributed by atoms with Crippen molar-refractivity contribution >= 4 is 11.8 Å². The Bertz CT molecular complexity index is 1120. The minimum absolute atomic E-state index is 0.0340. The summed E-state index contributed by atoms with van der Waals surface area (Å²) in [5, 5.41) is 0. The fourth-order valence-corrected chi connectivity index (χ4v) is 6.36. The number of piperidine rings is 2. The van der Waals surface area contributed by atoms with E-state index in [1.165, 1.54) is 12.2 Å². The summed E-state index contributed by atoms with van der Waals surface area (Å²) in [6, 6.07) is 2.14. The number of pyridine rings is 1. The van der Waals surface area contributed by atoms with Crippen LogP contribution in [0.3, 0.4) is 0 Å². The number of nitrogens with zero attached hydrogens (tertiary/aromatic N) is 4. The smallest absolute Gasteiger partial charge is 0.255 e. The maximum atomic E-state index is 13.7. The molecule has 4 aliphatic rings. The molecule has 1 aromatic rings. The molecule has 204 valence electrons. The molecule has 38 heavy (non-hydrogen) atoms. The van der Waals surface area contributed by atoms with Crippen LogP contribution in [0.25, 0.3) is 0 Å². The van der Waals surface area contributed by atoms with Gasteiger partial charge in [-0.25, -0.2) is 4.39 Å². The van der Waals surface area contributed by atoms with E-state index in [2.05, 4.69) is 21.7 Å². The Balaban J connectivity index is 1.18. The minimum atomic E-state index is -0.246. The van der Waals surface area contributed by atoms with E-state index in [0.717, 1.165) is 81.5 Å². The first kappa shape index (κ1) is 26.8. The van der Waals surface area contributed by atoms with Crippen LogP contribution in [-0.4, -0.2) is 75.8 Å². The Morgan fingerprint density at radius 3 is 2.45 bits per heavy atom. The van der Waals surface area contributed by atoms with Gasteiger partial charge in [-0.15, -0.1) is 0 Å². The number of likely N-dealkylation sites (tertiary alicyclic amines) is 2. The van der Waals surface area contributed by atoms with E-state index < -0.39 is 0 Å². The Hall–Kier alpha value is -2.80. The van der Waals surface area contributed by atoms with Gasteiger partial charge in [0.15, 0.2) is 0 Å². The van der Waals surface area contributed by atoms with Crippen LogP contribution >= 0.6 is 0 Å². The van der Waals surface area contributed by atoms with Gasteiger partial charge in [0.05, 0.1) is 11.3 Å². The third-order valence-electron chi connectivity index (χ3n) is 9.09. The summed E-state index contributed by atoms with van der Waals surface area (Å²) >= 11 is 0. The molecule has 6 nitrogen and oxygen atoms in total. The molecule has 0 spiro atoms. The second-order valence-electron chi connectivity index (χ2n) is 11.8. The van der Waals surface area contributed by atoms with Gasteiger partial charge in [-0.2, -0.15) is 0 Å². The summed E-state index contributed by atoms with van der Waals surface area (Å²) < 4.78 is 13.7. The number of carbonyl (C=O) groups excluding carboxylic acids is 2. The molecule has 1 atom stereocenters. The molecule has 3 heterocycles. The van der Waals surface area contributed by atoms with E-state index in [1.54, 1.807) is 12.3 Å². The van der Waals surface area contributed by atoms with Gasteiger partial charge in [-0.05, 0) is 83.1 Å². The molecule has 0 aromatic carbocycles. The van der Waals surface area contributed by atoms with Gasteiger partial charge < -0.3 is 9.80 Å². The second kappa shape index (κ2) is 11.1. The lowest BCUT2D eigenvalue weighted by atomic mass is 9.85.